The molecule has 0 fully saturated rings. The number of nitrogens with one attached hydrogen (secondary N) is 2. The Balaban J connectivity index is 1.76. The zero-order valence-corrected chi connectivity index (χ0v) is 13.6. The van der Waals surface area contributed by atoms with E-state index in [1.165, 1.54) is 18.3 Å². The number of nitrogens with zero attached hydrogens (tertiary/aromatic N) is 2. The van der Waals surface area contributed by atoms with E-state index in [1.54, 1.807) is 36.8 Å². The number of pyridine rings is 2. The molecule has 0 saturated heterocycles. The highest BCUT2D eigenvalue weighted by molar-refractivity contribution is 5.99. The Morgan fingerprint density at radius 3 is 2.36 bits per heavy atom. The van der Waals surface area contributed by atoms with Crippen molar-refractivity contribution in [2.45, 2.75) is 12.8 Å². The SMILES string of the molecule is CC(c1cccnc1)c1cc(F)cc(NC(=O)Nc2cccnc2)c1. The van der Waals surface area contributed by atoms with E-state index in [4.69, 9.17) is 0 Å². The lowest BCUT2D eigenvalue weighted by Crippen LogP contribution is -2.19. The molecule has 126 valence electrons. The van der Waals surface area contributed by atoms with Crippen molar-refractivity contribution in [1.29, 1.82) is 0 Å². The zero-order valence-electron chi connectivity index (χ0n) is 13.6. The standard InChI is InChI=1S/C19H17FN4O/c1-13(14-4-2-6-21-11-14)15-8-16(20)10-18(9-15)24-19(25)23-17-5-3-7-22-12-17/h2-13H,1H3,(H2,23,24,25). The molecule has 0 spiro atoms. The van der Waals surface area contributed by atoms with Crippen molar-refractivity contribution in [2.24, 2.45) is 0 Å². The van der Waals surface area contributed by atoms with Crippen LogP contribution in [0.3, 0.4) is 0 Å². The molecule has 2 aromatic heterocycles. The highest BCUT2D eigenvalue weighted by Crippen LogP contribution is 2.26. The molecule has 0 aliphatic heterocycles. The molecule has 2 amide bonds. The van der Waals surface area contributed by atoms with Crippen molar-refractivity contribution in [2.75, 3.05) is 10.6 Å². The largest absolute Gasteiger partial charge is 0.323 e. The van der Waals surface area contributed by atoms with E-state index in [0.717, 1.165) is 11.1 Å². The first-order chi connectivity index (χ1) is 12.1. The predicted molar refractivity (Wildman–Crippen MR) is 95.0 cm³/mol. The fourth-order valence-electron chi connectivity index (χ4n) is 2.49. The molecule has 0 aliphatic carbocycles. The van der Waals surface area contributed by atoms with E-state index in [1.807, 2.05) is 19.1 Å². The van der Waals surface area contributed by atoms with Crippen LogP contribution in [0.4, 0.5) is 20.6 Å². The number of anilines is 2. The minimum atomic E-state index is -0.460. The fraction of sp³-hybridized carbons (Fsp3) is 0.105. The number of urea groups is 1. The van der Waals surface area contributed by atoms with Crippen LogP contribution in [0, 0.1) is 5.82 Å². The van der Waals surface area contributed by atoms with Gasteiger partial charge < -0.3 is 10.6 Å². The summed E-state index contributed by atoms with van der Waals surface area (Å²) in [6.07, 6.45) is 6.58. The summed E-state index contributed by atoms with van der Waals surface area (Å²) in [5.74, 6) is -0.462. The Kier molecular flexibility index (Phi) is 4.99. The van der Waals surface area contributed by atoms with Crippen LogP contribution in [0.2, 0.25) is 0 Å². The molecule has 1 aromatic carbocycles. The van der Waals surface area contributed by atoms with Crippen LogP contribution >= 0.6 is 0 Å². The summed E-state index contributed by atoms with van der Waals surface area (Å²) in [7, 11) is 0. The number of benzene rings is 1. The van der Waals surface area contributed by atoms with Crippen molar-refractivity contribution in [3.05, 3.63) is 84.2 Å². The third-order valence-electron chi connectivity index (χ3n) is 3.78. The van der Waals surface area contributed by atoms with Gasteiger partial charge in [-0.1, -0.05) is 13.0 Å². The molecular formula is C19H17FN4O. The van der Waals surface area contributed by atoms with E-state index in [-0.39, 0.29) is 5.92 Å². The van der Waals surface area contributed by atoms with Crippen LogP contribution in [0.15, 0.2) is 67.3 Å². The van der Waals surface area contributed by atoms with Gasteiger partial charge >= 0.3 is 6.03 Å². The van der Waals surface area contributed by atoms with E-state index < -0.39 is 11.8 Å². The number of hydrogen-bond donors (Lipinski definition) is 2. The summed E-state index contributed by atoms with van der Waals surface area (Å²) in [5.41, 5.74) is 2.66. The lowest BCUT2D eigenvalue weighted by atomic mass is 9.94. The molecule has 6 heteroatoms. The van der Waals surface area contributed by atoms with Gasteiger partial charge in [0.15, 0.2) is 0 Å². The van der Waals surface area contributed by atoms with Crippen LogP contribution < -0.4 is 10.6 Å². The Hall–Kier alpha value is -3.28. The van der Waals surface area contributed by atoms with E-state index in [9.17, 15) is 9.18 Å². The molecule has 0 radical (unpaired) electrons. The van der Waals surface area contributed by atoms with Crippen LogP contribution in [0.25, 0.3) is 0 Å². The van der Waals surface area contributed by atoms with Gasteiger partial charge in [0.05, 0.1) is 11.9 Å². The number of halogens is 1. The molecule has 25 heavy (non-hydrogen) atoms. The number of amides is 2. The van der Waals surface area contributed by atoms with Crippen molar-refractivity contribution in [1.82, 2.24) is 9.97 Å². The van der Waals surface area contributed by atoms with Gasteiger partial charge in [-0.3, -0.25) is 9.97 Å². The molecule has 0 saturated carbocycles. The quantitative estimate of drug-likeness (QED) is 0.741. The second-order valence-corrected chi connectivity index (χ2v) is 5.60. The normalized spacial score (nSPS) is 11.6. The molecule has 3 rings (SSSR count). The van der Waals surface area contributed by atoms with Gasteiger partial charge in [0.25, 0.3) is 0 Å². The summed E-state index contributed by atoms with van der Waals surface area (Å²) in [6, 6.07) is 11.2. The monoisotopic (exact) mass is 336 g/mol. The number of aromatic nitrogens is 2. The first kappa shape index (κ1) is 16.6. The highest BCUT2D eigenvalue weighted by Gasteiger charge is 2.12. The summed E-state index contributed by atoms with van der Waals surface area (Å²) >= 11 is 0. The van der Waals surface area contributed by atoms with Crippen LogP contribution in [-0.4, -0.2) is 16.0 Å². The molecular weight excluding hydrogens is 319 g/mol. The van der Waals surface area contributed by atoms with Crippen LogP contribution in [0.1, 0.15) is 24.0 Å². The first-order valence-electron chi connectivity index (χ1n) is 7.80. The number of hydrogen-bond acceptors (Lipinski definition) is 3. The molecule has 0 aliphatic rings. The van der Waals surface area contributed by atoms with E-state index in [2.05, 4.69) is 20.6 Å². The van der Waals surface area contributed by atoms with Crippen molar-refractivity contribution >= 4 is 17.4 Å². The molecule has 2 heterocycles. The lowest BCUT2D eigenvalue weighted by Gasteiger charge is -2.14. The average molecular weight is 336 g/mol. The van der Waals surface area contributed by atoms with Gasteiger partial charge in [-0.25, -0.2) is 9.18 Å². The van der Waals surface area contributed by atoms with Gasteiger partial charge in [0, 0.05) is 30.2 Å². The highest BCUT2D eigenvalue weighted by atomic mass is 19.1. The van der Waals surface area contributed by atoms with E-state index in [0.29, 0.717) is 11.4 Å². The average Bonchev–Trinajstić information content (AvgIpc) is 2.62. The van der Waals surface area contributed by atoms with Gasteiger partial charge in [-0.2, -0.15) is 0 Å². The zero-order chi connectivity index (χ0) is 17.6. The maximum absolute atomic E-state index is 14.0. The summed E-state index contributed by atoms with van der Waals surface area (Å²) in [4.78, 5) is 20.1. The van der Waals surface area contributed by atoms with E-state index >= 15 is 0 Å². The van der Waals surface area contributed by atoms with Gasteiger partial charge in [-0.15, -0.1) is 0 Å². The maximum atomic E-state index is 14.0. The topological polar surface area (TPSA) is 66.9 Å². The Bertz CT molecular complexity index is 856. The van der Waals surface area contributed by atoms with Crippen LogP contribution in [-0.2, 0) is 0 Å². The Labute approximate surface area is 145 Å². The Morgan fingerprint density at radius 2 is 1.68 bits per heavy atom. The molecule has 2 N–H and O–H groups in total. The molecule has 1 atom stereocenters. The summed E-state index contributed by atoms with van der Waals surface area (Å²) in [5, 5.41) is 5.29. The van der Waals surface area contributed by atoms with Gasteiger partial charge in [0.2, 0.25) is 0 Å². The summed E-state index contributed by atoms with van der Waals surface area (Å²) in [6.45, 7) is 1.96. The molecule has 3 aromatic rings. The maximum Gasteiger partial charge on any atom is 0.323 e. The Morgan fingerprint density at radius 1 is 0.960 bits per heavy atom. The van der Waals surface area contributed by atoms with Crippen LogP contribution in [0.5, 0.6) is 0 Å². The minimum absolute atomic E-state index is 0.0497. The minimum Gasteiger partial charge on any atom is -0.308 e. The first-order valence-corrected chi connectivity index (χ1v) is 7.80. The van der Waals surface area contributed by atoms with Crippen molar-refractivity contribution in [3.8, 4) is 0 Å². The smallest absolute Gasteiger partial charge is 0.308 e. The number of carbonyl (C=O) groups is 1. The molecule has 1 unspecified atom stereocenters. The molecule has 0 bridgehead atoms. The second kappa shape index (κ2) is 7.53. The lowest BCUT2D eigenvalue weighted by molar-refractivity contribution is 0.262. The second-order valence-electron chi connectivity index (χ2n) is 5.60. The fourth-order valence-corrected chi connectivity index (χ4v) is 2.49. The number of carbonyl (C=O) groups excluding carboxylic acids is 1. The van der Waals surface area contributed by atoms with Gasteiger partial charge in [-0.05, 0) is 47.5 Å². The van der Waals surface area contributed by atoms with Crippen molar-refractivity contribution < 1.29 is 9.18 Å². The van der Waals surface area contributed by atoms with Crippen molar-refractivity contribution in [3.63, 3.8) is 0 Å². The third kappa shape index (κ3) is 4.38. The predicted octanol–water partition coefficient (Wildman–Crippen LogP) is 4.41. The molecule has 5 nitrogen and oxygen atoms in total. The number of rotatable bonds is 4. The third-order valence-corrected chi connectivity index (χ3v) is 3.78. The van der Waals surface area contributed by atoms with Gasteiger partial charge in [0.1, 0.15) is 5.82 Å². The summed E-state index contributed by atoms with van der Waals surface area (Å²) < 4.78 is 14.0.